The minimum atomic E-state index is -0.364. The molecule has 0 radical (unpaired) electrons. The maximum atomic E-state index is 12.7. The highest BCUT2D eigenvalue weighted by atomic mass is 79.9. The van der Waals surface area contributed by atoms with Gasteiger partial charge in [0.15, 0.2) is 5.11 Å². The zero-order valence-electron chi connectivity index (χ0n) is 13.6. The van der Waals surface area contributed by atoms with Crippen LogP contribution in [0.25, 0.3) is 0 Å². The quantitative estimate of drug-likeness (QED) is 0.582. The standard InChI is InChI=1S/C19H17BrN2O2S/c1-12-16(18(23)24-11-13-5-3-2-4-6-13)17(22-19(25)21-12)14-7-9-15(20)10-8-14/h2-10,17H,11H2,1H3,(H2,21,22,25). The van der Waals surface area contributed by atoms with Crippen LogP contribution < -0.4 is 10.6 Å². The third-order valence-corrected chi connectivity index (χ3v) is 4.65. The predicted molar refractivity (Wildman–Crippen MR) is 105 cm³/mol. The Labute approximate surface area is 160 Å². The van der Waals surface area contributed by atoms with Gasteiger partial charge in [-0.3, -0.25) is 0 Å². The molecule has 3 rings (SSSR count). The normalized spacial score (nSPS) is 16.9. The van der Waals surface area contributed by atoms with Crippen LogP contribution in [-0.4, -0.2) is 11.1 Å². The number of esters is 1. The number of hydrogen-bond donors (Lipinski definition) is 2. The Morgan fingerprint density at radius 3 is 2.52 bits per heavy atom. The molecule has 1 aliphatic heterocycles. The van der Waals surface area contributed by atoms with Crippen molar-refractivity contribution in [2.45, 2.75) is 19.6 Å². The van der Waals surface area contributed by atoms with Gasteiger partial charge in [-0.25, -0.2) is 4.79 Å². The Morgan fingerprint density at radius 2 is 1.84 bits per heavy atom. The summed E-state index contributed by atoms with van der Waals surface area (Å²) in [5.74, 6) is -0.364. The van der Waals surface area contributed by atoms with Crippen molar-refractivity contribution < 1.29 is 9.53 Å². The van der Waals surface area contributed by atoms with E-state index in [9.17, 15) is 4.79 Å². The fourth-order valence-corrected chi connectivity index (χ4v) is 3.21. The van der Waals surface area contributed by atoms with Crippen molar-refractivity contribution in [2.75, 3.05) is 0 Å². The van der Waals surface area contributed by atoms with Gasteiger partial charge in [0.05, 0.1) is 11.6 Å². The molecule has 0 amide bonds. The van der Waals surface area contributed by atoms with E-state index in [1.54, 1.807) is 0 Å². The molecule has 0 aromatic heterocycles. The largest absolute Gasteiger partial charge is 0.457 e. The lowest BCUT2D eigenvalue weighted by Gasteiger charge is -2.30. The lowest BCUT2D eigenvalue weighted by molar-refractivity contribution is -0.140. The number of carbonyl (C=O) groups is 1. The van der Waals surface area contributed by atoms with E-state index in [-0.39, 0.29) is 18.6 Å². The number of ether oxygens (including phenoxy) is 1. The summed E-state index contributed by atoms with van der Waals surface area (Å²) in [6, 6.07) is 17.0. The van der Waals surface area contributed by atoms with E-state index in [1.807, 2.05) is 61.5 Å². The predicted octanol–water partition coefficient (Wildman–Crippen LogP) is 3.99. The lowest BCUT2D eigenvalue weighted by Crippen LogP contribution is -2.45. The molecule has 0 spiro atoms. The summed E-state index contributed by atoms with van der Waals surface area (Å²) in [6.45, 7) is 2.06. The van der Waals surface area contributed by atoms with Gasteiger partial charge in [0.2, 0.25) is 0 Å². The fourth-order valence-electron chi connectivity index (χ4n) is 2.67. The fraction of sp³-hybridized carbons (Fsp3) is 0.158. The monoisotopic (exact) mass is 416 g/mol. The minimum absolute atomic E-state index is 0.230. The number of nitrogens with one attached hydrogen (secondary N) is 2. The van der Waals surface area contributed by atoms with Crippen LogP contribution in [0, 0.1) is 0 Å². The highest BCUT2D eigenvalue weighted by Crippen LogP contribution is 2.28. The first-order chi connectivity index (χ1) is 12.0. The highest BCUT2D eigenvalue weighted by Gasteiger charge is 2.30. The van der Waals surface area contributed by atoms with Crippen LogP contribution in [0.5, 0.6) is 0 Å². The average Bonchev–Trinajstić information content (AvgIpc) is 2.60. The summed E-state index contributed by atoms with van der Waals surface area (Å²) in [7, 11) is 0. The van der Waals surface area contributed by atoms with Crippen LogP contribution in [0.1, 0.15) is 24.1 Å². The summed E-state index contributed by atoms with van der Waals surface area (Å²) >= 11 is 8.67. The van der Waals surface area contributed by atoms with Crippen LogP contribution in [0.2, 0.25) is 0 Å². The molecule has 25 heavy (non-hydrogen) atoms. The smallest absolute Gasteiger partial charge is 0.338 e. The van der Waals surface area contributed by atoms with Gasteiger partial charge in [-0.1, -0.05) is 58.4 Å². The number of rotatable bonds is 4. The second-order valence-electron chi connectivity index (χ2n) is 5.68. The molecular weight excluding hydrogens is 400 g/mol. The van der Waals surface area contributed by atoms with Gasteiger partial charge in [-0.2, -0.15) is 0 Å². The molecule has 0 fully saturated rings. The topological polar surface area (TPSA) is 50.4 Å². The van der Waals surface area contributed by atoms with Gasteiger partial charge in [0, 0.05) is 10.2 Å². The molecule has 4 nitrogen and oxygen atoms in total. The van der Waals surface area contributed by atoms with Crippen LogP contribution in [-0.2, 0) is 16.1 Å². The second kappa shape index (κ2) is 7.80. The van der Waals surface area contributed by atoms with Crippen molar-refractivity contribution in [3.05, 3.63) is 81.5 Å². The summed E-state index contributed by atoms with van der Waals surface area (Å²) in [5, 5.41) is 6.66. The van der Waals surface area contributed by atoms with Gasteiger partial charge >= 0.3 is 5.97 Å². The summed E-state index contributed by atoms with van der Waals surface area (Å²) in [4.78, 5) is 12.7. The van der Waals surface area contributed by atoms with Crippen molar-refractivity contribution in [3.63, 3.8) is 0 Å². The first kappa shape index (κ1) is 17.6. The number of hydrogen-bond acceptors (Lipinski definition) is 3. The Hall–Kier alpha value is -2.18. The molecule has 1 heterocycles. The summed E-state index contributed by atoms with van der Waals surface area (Å²) < 4.78 is 6.49. The summed E-state index contributed by atoms with van der Waals surface area (Å²) in [6.07, 6.45) is 0. The lowest BCUT2D eigenvalue weighted by atomic mass is 9.96. The first-order valence-corrected chi connectivity index (χ1v) is 8.99. The Morgan fingerprint density at radius 1 is 1.16 bits per heavy atom. The molecule has 1 unspecified atom stereocenters. The molecular formula is C19H17BrN2O2S. The molecule has 0 saturated carbocycles. The zero-order valence-corrected chi connectivity index (χ0v) is 16.0. The van der Waals surface area contributed by atoms with Crippen molar-refractivity contribution >= 4 is 39.2 Å². The van der Waals surface area contributed by atoms with E-state index in [2.05, 4.69) is 26.6 Å². The maximum absolute atomic E-state index is 12.7. The minimum Gasteiger partial charge on any atom is -0.457 e. The van der Waals surface area contributed by atoms with Crippen molar-refractivity contribution in [1.29, 1.82) is 0 Å². The van der Waals surface area contributed by atoms with Gasteiger partial charge in [-0.05, 0) is 42.4 Å². The van der Waals surface area contributed by atoms with Crippen molar-refractivity contribution in [2.24, 2.45) is 0 Å². The molecule has 0 aliphatic carbocycles. The molecule has 0 saturated heterocycles. The van der Waals surface area contributed by atoms with Gasteiger partial charge in [0.1, 0.15) is 6.61 Å². The molecule has 1 atom stereocenters. The van der Waals surface area contributed by atoms with E-state index in [4.69, 9.17) is 17.0 Å². The van der Waals surface area contributed by atoms with E-state index in [1.165, 1.54) is 0 Å². The third-order valence-electron chi connectivity index (χ3n) is 3.91. The first-order valence-electron chi connectivity index (χ1n) is 7.79. The van der Waals surface area contributed by atoms with Gasteiger partial charge in [-0.15, -0.1) is 0 Å². The van der Waals surface area contributed by atoms with Crippen molar-refractivity contribution in [3.8, 4) is 0 Å². The Balaban J connectivity index is 1.84. The van der Waals surface area contributed by atoms with E-state index in [0.717, 1.165) is 15.6 Å². The highest BCUT2D eigenvalue weighted by molar-refractivity contribution is 9.10. The zero-order chi connectivity index (χ0) is 17.8. The van der Waals surface area contributed by atoms with Crippen LogP contribution in [0.15, 0.2) is 70.3 Å². The average molecular weight is 417 g/mol. The molecule has 2 aromatic carbocycles. The third kappa shape index (κ3) is 4.27. The Bertz CT molecular complexity index is 819. The molecule has 6 heteroatoms. The van der Waals surface area contributed by atoms with E-state index >= 15 is 0 Å². The van der Waals surface area contributed by atoms with Crippen LogP contribution in [0.3, 0.4) is 0 Å². The SMILES string of the molecule is CC1=C(C(=O)OCc2ccccc2)C(c2ccc(Br)cc2)NC(=S)N1. The second-order valence-corrected chi connectivity index (χ2v) is 7.01. The molecule has 128 valence electrons. The molecule has 2 N–H and O–H groups in total. The molecule has 2 aromatic rings. The van der Waals surface area contributed by atoms with E-state index in [0.29, 0.717) is 16.4 Å². The number of halogens is 1. The number of carbonyl (C=O) groups excluding carboxylic acids is 1. The van der Waals surface area contributed by atoms with Crippen molar-refractivity contribution in [1.82, 2.24) is 10.6 Å². The number of thiocarbonyl (C=S) groups is 1. The molecule has 0 bridgehead atoms. The van der Waals surface area contributed by atoms with E-state index < -0.39 is 0 Å². The Kier molecular flexibility index (Phi) is 5.50. The number of allylic oxidation sites excluding steroid dienone is 1. The van der Waals surface area contributed by atoms with Gasteiger partial charge < -0.3 is 15.4 Å². The van der Waals surface area contributed by atoms with Crippen LogP contribution >= 0.6 is 28.1 Å². The summed E-state index contributed by atoms with van der Waals surface area (Å²) in [5.41, 5.74) is 3.13. The number of benzene rings is 2. The van der Waals surface area contributed by atoms with Crippen LogP contribution in [0.4, 0.5) is 0 Å². The maximum Gasteiger partial charge on any atom is 0.338 e. The van der Waals surface area contributed by atoms with Gasteiger partial charge in [0.25, 0.3) is 0 Å². The molecule has 1 aliphatic rings.